The Labute approximate surface area is 118 Å². The average molecular weight is 273 g/mol. The van der Waals surface area contributed by atoms with Crippen molar-refractivity contribution in [2.24, 2.45) is 16.3 Å². The average Bonchev–Trinajstić information content (AvgIpc) is 2.72. The number of nitrogens with two attached hydrogens (primary N) is 1. The summed E-state index contributed by atoms with van der Waals surface area (Å²) in [4.78, 5) is 14.8. The highest BCUT2D eigenvalue weighted by molar-refractivity contribution is 6.14. The van der Waals surface area contributed by atoms with Gasteiger partial charge in [0.15, 0.2) is 5.84 Å². The number of rotatable bonds is 2. The first kappa shape index (κ1) is 13.0. The minimum atomic E-state index is -0.805. The summed E-state index contributed by atoms with van der Waals surface area (Å²) in [7, 11) is 0. The fraction of sp³-hybridized carbons (Fsp3) is 0.467. The van der Waals surface area contributed by atoms with Gasteiger partial charge >= 0.3 is 0 Å². The van der Waals surface area contributed by atoms with Crippen molar-refractivity contribution in [3.63, 3.8) is 0 Å². The molecule has 1 saturated carbocycles. The number of fused-ring (bicyclic) bond motifs is 1. The van der Waals surface area contributed by atoms with Gasteiger partial charge in [0.2, 0.25) is 5.91 Å². The van der Waals surface area contributed by atoms with Gasteiger partial charge in [-0.25, -0.2) is 0 Å². The van der Waals surface area contributed by atoms with Gasteiger partial charge in [0, 0.05) is 11.7 Å². The van der Waals surface area contributed by atoms with E-state index in [4.69, 9.17) is 10.9 Å². The third-order valence-electron chi connectivity index (χ3n) is 4.64. The van der Waals surface area contributed by atoms with Crippen LogP contribution < -0.4 is 10.6 Å². The van der Waals surface area contributed by atoms with Crippen LogP contribution in [-0.2, 0) is 11.2 Å². The number of amides is 1. The van der Waals surface area contributed by atoms with Crippen molar-refractivity contribution < 1.29 is 10.0 Å². The highest BCUT2D eigenvalue weighted by Crippen LogP contribution is 2.45. The summed E-state index contributed by atoms with van der Waals surface area (Å²) >= 11 is 0. The maximum absolute atomic E-state index is 13.0. The number of carbonyl (C=O) groups is 1. The number of para-hydroxylation sites is 1. The predicted molar refractivity (Wildman–Crippen MR) is 76.8 cm³/mol. The molecule has 1 atom stereocenters. The van der Waals surface area contributed by atoms with Crippen molar-refractivity contribution in [3.05, 3.63) is 29.8 Å². The lowest BCUT2D eigenvalue weighted by atomic mass is 9.66. The predicted octanol–water partition coefficient (Wildman–Crippen LogP) is 1.88. The first-order valence-electron chi connectivity index (χ1n) is 7.00. The van der Waals surface area contributed by atoms with Gasteiger partial charge in [-0.15, -0.1) is 0 Å². The molecule has 0 aromatic heterocycles. The lowest BCUT2D eigenvalue weighted by Gasteiger charge is -2.42. The molecule has 0 radical (unpaired) electrons. The molecule has 1 amide bonds. The fourth-order valence-electron chi connectivity index (χ4n) is 3.31. The Morgan fingerprint density at radius 3 is 2.75 bits per heavy atom. The molecular weight excluding hydrogens is 254 g/mol. The van der Waals surface area contributed by atoms with Crippen molar-refractivity contribution in [1.29, 1.82) is 0 Å². The standard InChI is InChI=1S/C15H19N3O2/c1-10-9-11-5-2-3-6-12(11)18(10)14(19)15(7-4-8-15)13(16)17-20/h2-3,5-6,10,20H,4,7-9H2,1H3,(H2,16,17). The minimum absolute atomic E-state index is 0.0310. The molecule has 1 aliphatic heterocycles. The molecule has 5 nitrogen and oxygen atoms in total. The molecule has 3 rings (SSSR count). The monoisotopic (exact) mass is 273 g/mol. The maximum Gasteiger partial charge on any atom is 0.241 e. The van der Waals surface area contributed by atoms with Gasteiger partial charge in [-0.3, -0.25) is 4.79 Å². The number of anilines is 1. The van der Waals surface area contributed by atoms with Crippen LogP contribution in [0.5, 0.6) is 0 Å². The van der Waals surface area contributed by atoms with Crippen molar-refractivity contribution in [2.45, 2.75) is 38.6 Å². The Hall–Kier alpha value is -2.04. The number of hydrogen-bond acceptors (Lipinski definition) is 3. The van der Waals surface area contributed by atoms with Crippen LogP contribution in [0.4, 0.5) is 5.69 Å². The zero-order valence-corrected chi connectivity index (χ0v) is 11.5. The fourth-order valence-corrected chi connectivity index (χ4v) is 3.31. The second-order valence-corrected chi connectivity index (χ2v) is 5.78. The van der Waals surface area contributed by atoms with Gasteiger partial charge in [-0.05, 0) is 37.8 Å². The van der Waals surface area contributed by atoms with Crippen LogP contribution in [0, 0.1) is 5.41 Å². The first-order valence-corrected chi connectivity index (χ1v) is 7.00. The second kappa shape index (κ2) is 4.51. The largest absolute Gasteiger partial charge is 0.409 e. The maximum atomic E-state index is 13.0. The van der Waals surface area contributed by atoms with Gasteiger partial charge in [0.25, 0.3) is 0 Å². The summed E-state index contributed by atoms with van der Waals surface area (Å²) in [5, 5.41) is 12.1. The highest BCUT2D eigenvalue weighted by Gasteiger charge is 2.52. The minimum Gasteiger partial charge on any atom is -0.409 e. The van der Waals surface area contributed by atoms with E-state index in [0.717, 1.165) is 18.5 Å². The van der Waals surface area contributed by atoms with Gasteiger partial charge in [0.1, 0.15) is 5.41 Å². The van der Waals surface area contributed by atoms with Crippen LogP contribution in [0.3, 0.4) is 0 Å². The molecule has 0 saturated heterocycles. The summed E-state index contributed by atoms with van der Waals surface area (Å²) in [6, 6.07) is 8.06. The molecule has 5 heteroatoms. The molecule has 1 aromatic carbocycles. The van der Waals surface area contributed by atoms with Crippen LogP contribution in [-0.4, -0.2) is 23.0 Å². The molecule has 106 valence electrons. The topological polar surface area (TPSA) is 78.9 Å². The van der Waals surface area contributed by atoms with Crippen molar-refractivity contribution in [2.75, 3.05) is 4.90 Å². The van der Waals surface area contributed by atoms with E-state index in [9.17, 15) is 4.79 Å². The molecule has 2 aliphatic rings. The van der Waals surface area contributed by atoms with E-state index in [-0.39, 0.29) is 17.8 Å². The third-order valence-corrected chi connectivity index (χ3v) is 4.64. The van der Waals surface area contributed by atoms with E-state index in [2.05, 4.69) is 11.2 Å². The summed E-state index contributed by atoms with van der Waals surface area (Å²) in [6.07, 6.45) is 3.11. The second-order valence-electron chi connectivity index (χ2n) is 5.78. The summed E-state index contributed by atoms with van der Waals surface area (Å²) in [6.45, 7) is 2.04. The Bertz CT molecular complexity index is 578. The number of hydrogen-bond donors (Lipinski definition) is 2. The lowest BCUT2D eigenvalue weighted by Crippen LogP contribution is -2.56. The molecule has 0 spiro atoms. The molecule has 20 heavy (non-hydrogen) atoms. The van der Waals surface area contributed by atoms with Crippen molar-refractivity contribution in [1.82, 2.24) is 0 Å². The number of oxime groups is 1. The quantitative estimate of drug-likeness (QED) is 0.374. The summed E-state index contributed by atoms with van der Waals surface area (Å²) < 4.78 is 0. The Morgan fingerprint density at radius 1 is 1.45 bits per heavy atom. The molecule has 1 unspecified atom stereocenters. The first-order chi connectivity index (χ1) is 9.60. The molecule has 1 fully saturated rings. The normalized spacial score (nSPS) is 24.1. The van der Waals surface area contributed by atoms with E-state index in [1.54, 1.807) is 0 Å². The van der Waals surface area contributed by atoms with Crippen molar-refractivity contribution >= 4 is 17.4 Å². The zero-order valence-electron chi connectivity index (χ0n) is 11.5. The molecule has 1 heterocycles. The van der Waals surface area contributed by atoms with Crippen LogP contribution in [0.15, 0.2) is 29.4 Å². The van der Waals surface area contributed by atoms with Gasteiger partial charge in [-0.2, -0.15) is 0 Å². The SMILES string of the molecule is CC1Cc2ccccc2N1C(=O)C1(/C(N)=N/O)CCC1. The Morgan fingerprint density at radius 2 is 2.15 bits per heavy atom. The van der Waals surface area contributed by atoms with E-state index >= 15 is 0 Å². The molecular formula is C15H19N3O2. The lowest BCUT2D eigenvalue weighted by molar-refractivity contribution is -0.128. The Balaban J connectivity index is 1.99. The van der Waals surface area contributed by atoms with E-state index in [1.807, 2.05) is 30.0 Å². The zero-order chi connectivity index (χ0) is 14.3. The third kappa shape index (κ3) is 1.62. The van der Waals surface area contributed by atoms with E-state index in [0.29, 0.717) is 12.8 Å². The van der Waals surface area contributed by atoms with Crippen LogP contribution in [0.25, 0.3) is 0 Å². The van der Waals surface area contributed by atoms with Gasteiger partial charge < -0.3 is 15.8 Å². The molecule has 3 N–H and O–H groups in total. The molecule has 1 aliphatic carbocycles. The molecule has 0 bridgehead atoms. The Kier molecular flexibility index (Phi) is 2.92. The van der Waals surface area contributed by atoms with Crippen LogP contribution in [0.2, 0.25) is 0 Å². The van der Waals surface area contributed by atoms with Gasteiger partial charge in [-0.1, -0.05) is 29.8 Å². The summed E-state index contributed by atoms with van der Waals surface area (Å²) in [5.74, 6) is 0.0156. The number of benzene rings is 1. The van der Waals surface area contributed by atoms with Crippen LogP contribution in [0.1, 0.15) is 31.7 Å². The number of carbonyl (C=O) groups excluding carboxylic acids is 1. The van der Waals surface area contributed by atoms with E-state index < -0.39 is 5.41 Å². The van der Waals surface area contributed by atoms with Crippen molar-refractivity contribution in [3.8, 4) is 0 Å². The number of nitrogens with zero attached hydrogens (tertiary/aromatic N) is 2. The highest BCUT2D eigenvalue weighted by atomic mass is 16.4. The summed E-state index contributed by atoms with van der Waals surface area (Å²) in [5.41, 5.74) is 7.14. The molecule has 1 aromatic rings. The van der Waals surface area contributed by atoms with Crippen LogP contribution >= 0.6 is 0 Å². The van der Waals surface area contributed by atoms with E-state index in [1.165, 1.54) is 5.56 Å². The van der Waals surface area contributed by atoms with Gasteiger partial charge in [0.05, 0.1) is 0 Å². The number of amidine groups is 1. The smallest absolute Gasteiger partial charge is 0.241 e.